The van der Waals surface area contributed by atoms with Crippen molar-refractivity contribution in [3.8, 4) is 0 Å². The Balaban J connectivity index is 1.60. The van der Waals surface area contributed by atoms with Gasteiger partial charge in [-0.05, 0) is 25.5 Å². The third kappa shape index (κ3) is 2.71. The van der Waals surface area contributed by atoms with Gasteiger partial charge in [0.1, 0.15) is 11.3 Å². The second kappa shape index (κ2) is 5.39. The van der Waals surface area contributed by atoms with Crippen LogP contribution in [0.5, 0.6) is 0 Å². The lowest BCUT2D eigenvalue weighted by Crippen LogP contribution is -2.24. The Labute approximate surface area is 130 Å². The molecule has 1 saturated heterocycles. The summed E-state index contributed by atoms with van der Waals surface area (Å²) in [6.45, 7) is 2.58. The highest BCUT2D eigenvalue weighted by molar-refractivity contribution is 5.72. The molecule has 0 unspecified atom stereocenters. The smallest absolute Gasteiger partial charge is 0.244 e. The van der Waals surface area contributed by atoms with E-state index in [4.69, 9.17) is 8.94 Å². The van der Waals surface area contributed by atoms with Crippen LogP contribution in [0.1, 0.15) is 30.1 Å². The molecule has 2 aromatic heterocycles. The van der Waals surface area contributed by atoms with Gasteiger partial charge in [0, 0.05) is 12.6 Å². The van der Waals surface area contributed by atoms with E-state index in [0.29, 0.717) is 48.2 Å². The van der Waals surface area contributed by atoms with Gasteiger partial charge >= 0.3 is 0 Å². The molecule has 8 heteroatoms. The molecule has 7 nitrogen and oxygen atoms in total. The zero-order valence-electron chi connectivity index (χ0n) is 12.4. The fraction of sp³-hybridized carbons (Fsp3) is 0.400. The monoisotopic (exact) mass is 318 g/mol. The van der Waals surface area contributed by atoms with Crippen molar-refractivity contribution in [3.63, 3.8) is 0 Å². The van der Waals surface area contributed by atoms with Gasteiger partial charge in [-0.25, -0.2) is 9.37 Å². The number of nitrogens with zero attached hydrogens (tertiary/aromatic N) is 4. The van der Waals surface area contributed by atoms with Crippen LogP contribution in [0.2, 0.25) is 0 Å². The van der Waals surface area contributed by atoms with E-state index in [-0.39, 0.29) is 11.9 Å². The standard InChI is InChI=1S/C15H15FN4O3/c1-8-17-15(23-19-8)12-5-10(21)6-20(12)7-14-18-11-4-9(16)2-3-13(11)22-14/h2-4,10,12,21H,5-7H2,1H3/t10-,12-/m1/s1. The first-order chi connectivity index (χ1) is 11.1. The molecule has 0 saturated carbocycles. The lowest BCUT2D eigenvalue weighted by molar-refractivity contribution is 0.162. The predicted molar refractivity (Wildman–Crippen MR) is 76.8 cm³/mol. The normalized spacial score (nSPS) is 22.2. The Bertz CT molecular complexity index is 846. The first kappa shape index (κ1) is 14.3. The molecule has 0 radical (unpaired) electrons. The molecule has 3 heterocycles. The predicted octanol–water partition coefficient (Wildman–Crippen LogP) is 1.97. The second-order valence-corrected chi connectivity index (χ2v) is 5.73. The summed E-state index contributed by atoms with van der Waals surface area (Å²) in [4.78, 5) is 10.5. The number of aliphatic hydroxyl groups is 1. The van der Waals surface area contributed by atoms with E-state index in [1.165, 1.54) is 12.1 Å². The Kier molecular flexibility index (Phi) is 3.35. The van der Waals surface area contributed by atoms with E-state index in [2.05, 4.69) is 15.1 Å². The highest BCUT2D eigenvalue weighted by Gasteiger charge is 2.36. The average molecular weight is 318 g/mol. The van der Waals surface area contributed by atoms with Gasteiger partial charge < -0.3 is 14.0 Å². The van der Waals surface area contributed by atoms with Crippen LogP contribution < -0.4 is 0 Å². The molecule has 2 atom stereocenters. The Morgan fingerprint density at radius 2 is 2.26 bits per heavy atom. The van der Waals surface area contributed by atoms with Gasteiger partial charge in [-0.15, -0.1) is 0 Å². The van der Waals surface area contributed by atoms with Crippen LogP contribution in [0.3, 0.4) is 0 Å². The molecule has 1 aliphatic rings. The summed E-state index contributed by atoms with van der Waals surface area (Å²) >= 11 is 0. The van der Waals surface area contributed by atoms with Gasteiger partial charge in [0.2, 0.25) is 11.8 Å². The van der Waals surface area contributed by atoms with Gasteiger partial charge in [0.25, 0.3) is 0 Å². The molecule has 1 aromatic carbocycles. The molecule has 4 rings (SSSR count). The Morgan fingerprint density at radius 1 is 1.39 bits per heavy atom. The molecule has 23 heavy (non-hydrogen) atoms. The maximum atomic E-state index is 13.2. The van der Waals surface area contributed by atoms with Crippen molar-refractivity contribution in [2.24, 2.45) is 0 Å². The SMILES string of the molecule is Cc1noc([C@H]2C[C@@H](O)CN2Cc2nc3cc(F)ccc3o2)n1. The number of halogens is 1. The van der Waals surface area contributed by atoms with Gasteiger partial charge in [0.15, 0.2) is 11.4 Å². The van der Waals surface area contributed by atoms with Crippen LogP contribution in [0.25, 0.3) is 11.1 Å². The van der Waals surface area contributed by atoms with Gasteiger partial charge in [-0.2, -0.15) is 4.98 Å². The van der Waals surface area contributed by atoms with E-state index >= 15 is 0 Å². The minimum Gasteiger partial charge on any atom is -0.439 e. The minimum absolute atomic E-state index is 0.182. The zero-order valence-corrected chi connectivity index (χ0v) is 12.4. The number of aryl methyl sites for hydroxylation is 1. The average Bonchev–Trinajstić information content (AvgIpc) is 3.17. The Hall–Kier alpha value is -2.32. The number of aromatic nitrogens is 3. The number of β-amino-alcohol motifs (C(OH)–C–C–N with tert-alkyl or cyclic N) is 1. The van der Waals surface area contributed by atoms with Crippen LogP contribution in [0, 0.1) is 12.7 Å². The third-order valence-corrected chi connectivity index (χ3v) is 3.94. The van der Waals surface area contributed by atoms with Crippen molar-refractivity contribution < 1.29 is 18.4 Å². The first-order valence-corrected chi connectivity index (χ1v) is 7.36. The van der Waals surface area contributed by atoms with E-state index in [1.54, 1.807) is 13.0 Å². The summed E-state index contributed by atoms with van der Waals surface area (Å²) in [5, 5.41) is 13.8. The number of oxazole rings is 1. The lowest BCUT2D eigenvalue weighted by Gasteiger charge is -2.18. The second-order valence-electron chi connectivity index (χ2n) is 5.73. The molecule has 0 amide bonds. The molecule has 0 spiro atoms. The molecular weight excluding hydrogens is 303 g/mol. The van der Waals surface area contributed by atoms with Crippen LogP contribution >= 0.6 is 0 Å². The molecule has 120 valence electrons. The van der Waals surface area contributed by atoms with Crippen LogP contribution in [0.4, 0.5) is 4.39 Å². The number of rotatable bonds is 3. The van der Waals surface area contributed by atoms with Crippen molar-refractivity contribution in [2.45, 2.75) is 32.0 Å². The molecule has 1 N–H and O–H groups in total. The molecule has 0 aliphatic carbocycles. The van der Waals surface area contributed by atoms with Crippen molar-refractivity contribution in [2.75, 3.05) is 6.54 Å². The zero-order chi connectivity index (χ0) is 16.0. The van der Waals surface area contributed by atoms with Crippen molar-refractivity contribution in [1.29, 1.82) is 0 Å². The number of fused-ring (bicyclic) bond motifs is 1. The molecular formula is C15H15FN4O3. The van der Waals surface area contributed by atoms with Crippen LogP contribution in [-0.4, -0.2) is 37.8 Å². The number of aliphatic hydroxyl groups excluding tert-OH is 1. The fourth-order valence-corrected chi connectivity index (χ4v) is 2.95. The van der Waals surface area contributed by atoms with E-state index in [9.17, 15) is 9.50 Å². The van der Waals surface area contributed by atoms with Crippen molar-refractivity contribution in [1.82, 2.24) is 20.0 Å². The molecule has 1 aliphatic heterocycles. The maximum Gasteiger partial charge on any atom is 0.244 e. The van der Waals surface area contributed by atoms with E-state index < -0.39 is 6.10 Å². The minimum atomic E-state index is -0.478. The molecule has 0 bridgehead atoms. The molecule has 3 aromatic rings. The van der Waals surface area contributed by atoms with Gasteiger partial charge in [-0.1, -0.05) is 5.16 Å². The number of hydrogen-bond acceptors (Lipinski definition) is 7. The maximum absolute atomic E-state index is 13.2. The van der Waals surface area contributed by atoms with Crippen molar-refractivity contribution >= 4 is 11.1 Å². The molecule has 1 fully saturated rings. The van der Waals surface area contributed by atoms with E-state index in [0.717, 1.165) is 0 Å². The number of benzene rings is 1. The fourth-order valence-electron chi connectivity index (χ4n) is 2.95. The van der Waals surface area contributed by atoms with Crippen molar-refractivity contribution in [3.05, 3.63) is 41.6 Å². The lowest BCUT2D eigenvalue weighted by atomic mass is 10.2. The summed E-state index contributed by atoms with van der Waals surface area (Å²) in [7, 11) is 0. The summed E-state index contributed by atoms with van der Waals surface area (Å²) in [6, 6.07) is 4.04. The number of hydrogen-bond donors (Lipinski definition) is 1. The summed E-state index contributed by atoms with van der Waals surface area (Å²) in [5.74, 6) is 1.13. The largest absolute Gasteiger partial charge is 0.439 e. The summed E-state index contributed by atoms with van der Waals surface area (Å²) in [6.07, 6.45) is 0.0327. The van der Waals surface area contributed by atoms with Gasteiger partial charge in [-0.3, -0.25) is 4.90 Å². The van der Waals surface area contributed by atoms with Gasteiger partial charge in [0.05, 0.1) is 18.7 Å². The highest BCUT2D eigenvalue weighted by atomic mass is 19.1. The number of likely N-dealkylation sites (tertiary alicyclic amines) is 1. The summed E-state index contributed by atoms with van der Waals surface area (Å²) in [5.41, 5.74) is 1.01. The topological polar surface area (TPSA) is 88.4 Å². The van der Waals surface area contributed by atoms with E-state index in [1.807, 2.05) is 4.90 Å². The quantitative estimate of drug-likeness (QED) is 0.789. The highest BCUT2D eigenvalue weighted by Crippen LogP contribution is 2.32. The summed E-state index contributed by atoms with van der Waals surface area (Å²) < 4.78 is 24.1. The van der Waals surface area contributed by atoms with Crippen LogP contribution in [-0.2, 0) is 6.54 Å². The first-order valence-electron chi connectivity index (χ1n) is 7.36. The Morgan fingerprint density at radius 3 is 3.04 bits per heavy atom. The third-order valence-electron chi connectivity index (χ3n) is 3.94. The van der Waals surface area contributed by atoms with Crippen LogP contribution in [0.15, 0.2) is 27.1 Å².